The number of fused-ring (bicyclic) bond motifs is 1. The average Bonchev–Trinajstić information content (AvgIpc) is 2.85. The summed E-state index contributed by atoms with van der Waals surface area (Å²) in [4.78, 5) is 5.05. The van der Waals surface area contributed by atoms with Crippen LogP contribution in [0.4, 0.5) is 5.69 Å². The number of aliphatic hydroxyl groups excluding tert-OH is 1. The third kappa shape index (κ3) is 2.67. The Morgan fingerprint density at radius 2 is 2.16 bits per heavy atom. The smallest absolute Gasteiger partial charge is 0.0782 e. The van der Waals surface area contributed by atoms with E-state index in [1.807, 2.05) is 13.0 Å². The molecule has 1 N–H and O–H groups in total. The van der Waals surface area contributed by atoms with E-state index in [1.54, 1.807) is 0 Å². The van der Waals surface area contributed by atoms with Gasteiger partial charge in [0.25, 0.3) is 0 Å². The van der Waals surface area contributed by atoms with Gasteiger partial charge in [0.1, 0.15) is 0 Å². The highest BCUT2D eigenvalue weighted by atomic mass is 79.9. The summed E-state index contributed by atoms with van der Waals surface area (Å²) < 4.78 is 1.03. The molecule has 2 aliphatic rings. The largest absolute Gasteiger partial charge is 0.389 e. The lowest BCUT2D eigenvalue weighted by atomic mass is 10.0. The maximum absolute atomic E-state index is 9.99. The van der Waals surface area contributed by atoms with Crippen molar-refractivity contribution in [2.75, 3.05) is 31.1 Å². The van der Waals surface area contributed by atoms with E-state index >= 15 is 0 Å². The maximum Gasteiger partial charge on any atom is 0.0782 e. The van der Waals surface area contributed by atoms with Crippen molar-refractivity contribution in [1.29, 1.82) is 0 Å². The first-order valence-corrected chi connectivity index (χ1v) is 7.91. The van der Waals surface area contributed by atoms with E-state index in [4.69, 9.17) is 0 Å². The first-order chi connectivity index (χ1) is 9.15. The lowest BCUT2D eigenvalue weighted by Crippen LogP contribution is -2.50. The van der Waals surface area contributed by atoms with Crippen LogP contribution in [0.25, 0.3) is 0 Å². The molecule has 0 amide bonds. The number of aliphatic hydroxyl groups is 1. The number of anilines is 1. The summed E-state index contributed by atoms with van der Waals surface area (Å²) >= 11 is 3.50. The lowest BCUT2D eigenvalue weighted by Gasteiger charge is -2.39. The van der Waals surface area contributed by atoms with Gasteiger partial charge in [-0.3, -0.25) is 4.90 Å². The van der Waals surface area contributed by atoms with E-state index in [-0.39, 0.29) is 0 Å². The predicted molar refractivity (Wildman–Crippen MR) is 81.6 cm³/mol. The fourth-order valence-corrected chi connectivity index (χ4v) is 3.74. The van der Waals surface area contributed by atoms with E-state index in [1.165, 1.54) is 25.1 Å². The number of hydrogen-bond acceptors (Lipinski definition) is 3. The number of rotatable bonds is 2. The number of hydrogen-bond donors (Lipinski definition) is 1. The quantitative estimate of drug-likeness (QED) is 0.906. The summed E-state index contributed by atoms with van der Waals surface area (Å²) in [5, 5.41) is 9.99. The Bertz CT molecular complexity index is 463. The molecular weight excluding hydrogens is 304 g/mol. The molecule has 2 aliphatic heterocycles. The van der Waals surface area contributed by atoms with Crippen molar-refractivity contribution in [1.82, 2.24) is 4.90 Å². The molecule has 2 fully saturated rings. The van der Waals surface area contributed by atoms with Gasteiger partial charge in [-0.15, -0.1) is 0 Å². The van der Waals surface area contributed by atoms with Gasteiger partial charge in [0.05, 0.1) is 6.10 Å². The van der Waals surface area contributed by atoms with Crippen LogP contribution in [0.5, 0.6) is 0 Å². The molecule has 0 bridgehead atoms. The molecule has 3 nitrogen and oxygen atoms in total. The minimum atomic E-state index is -0.422. The molecule has 0 radical (unpaired) electrons. The molecule has 1 aromatic rings. The highest BCUT2D eigenvalue weighted by Gasteiger charge is 2.31. The molecule has 2 heterocycles. The zero-order valence-electron chi connectivity index (χ0n) is 11.3. The number of piperazine rings is 1. The lowest BCUT2D eigenvalue weighted by molar-refractivity contribution is 0.198. The molecule has 1 aromatic carbocycles. The number of nitrogens with zero attached hydrogens (tertiary/aromatic N) is 2. The highest BCUT2D eigenvalue weighted by molar-refractivity contribution is 9.10. The molecule has 0 saturated carbocycles. The van der Waals surface area contributed by atoms with Crippen LogP contribution in [0.3, 0.4) is 0 Å². The number of halogens is 1. The van der Waals surface area contributed by atoms with Gasteiger partial charge in [0.15, 0.2) is 0 Å². The van der Waals surface area contributed by atoms with E-state index in [2.05, 4.69) is 37.9 Å². The van der Waals surface area contributed by atoms with Crippen molar-refractivity contribution >= 4 is 21.6 Å². The fraction of sp³-hybridized carbons (Fsp3) is 0.600. The molecule has 0 aliphatic carbocycles. The molecule has 3 rings (SSSR count). The van der Waals surface area contributed by atoms with Gasteiger partial charge in [-0.25, -0.2) is 0 Å². The molecule has 0 aromatic heterocycles. The molecule has 2 saturated heterocycles. The van der Waals surface area contributed by atoms with Crippen LogP contribution >= 0.6 is 15.9 Å². The summed E-state index contributed by atoms with van der Waals surface area (Å²) in [7, 11) is 0. The van der Waals surface area contributed by atoms with Crippen molar-refractivity contribution < 1.29 is 5.11 Å². The summed E-state index contributed by atoms with van der Waals surface area (Å²) in [5.41, 5.74) is 2.23. The normalized spacial score (nSPS) is 25.4. The standard InChI is InChI=1S/C15H21BrN2O/c1-11(19)14-9-12(16)4-5-15(14)18-8-7-17-6-2-3-13(17)10-18/h4-5,9,11,13,19H,2-3,6-8,10H2,1H3. The first kappa shape index (κ1) is 13.4. The van der Waals surface area contributed by atoms with Gasteiger partial charge in [-0.1, -0.05) is 15.9 Å². The van der Waals surface area contributed by atoms with Crippen molar-refractivity contribution in [3.05, 3.63) is 28.2 Å². The first-order valence-electron chi connectivity index (χ1n) is 7.11. The average molecular weight is 325 g/mol. The zero-order valence-corrected chi connectivity index (χ0v) is 12.9. The van der Waals surface area contributed by atoms with Crippen molar-refractivity contribution in [3.63, 3.8) is 0 Å². The van der Waals surface area contributed by atoms with Gasteiger partial charge in [-0.2, -0.15) is 0 Å². The Kier molecular flexibility index (Phi) is 3.83. The van der Waals surface area contributed by atoms with Crippen LogP contribution in [0.15, 0.2) is 22.7 Å². The van der Waals surface area contributed by atoms with Gasteiger partial charge in [-0.05, 0) is 44.5 Å². The molecule has 2 atom stereocenters. The van der Waals surface area contributed by atoms with E-state index in [0.29, 0.717) is 6.04 Å². The molecule has 0 spiro atoms. The second-order valence-electron chi connectivity index (χ2n) is 5.66. The predicted octanol–water partition coefficient (Wildman–Crippen LogP) is 2.79. The van der Waals surface area contributed by atoms with Gasteiger partial charge < -0.3 is 10.0 Å². The Morgan fingerprint density at radius 1 is 1.32 bits per heavy atom. The second-order valence-corrected chi connectivity index (χ2v) is 6.57. The van der Waals surface area contributed by atoms with Crippen LogP contribution in [0.2, 0.25) is 0 Å². The minimum absolute atomic E-state index is 0.422. The molecule has 2 unspecified atom stereocenters. The van der Waals surface area contributed by atoms with E-state index < -0.39 is 6.10 Å². The van der Waals surface area contributed by atoms with Crippen LogP contribution in [0.1, 0.15) is 31.4 Å². The summed E-state index contributed by atoms with van der Waals surface area (Å²) in [6.45, 7) is 6.43. The van der Waals surface area contributed by atoms with Crippen LogP contribution in [0, 0.1) is 0 Å². The SMILES string of the molecule is CC(O)c1cc(Br)ccc1N1CCN2CCCC2C1. The summed E-state index contributed by atoms with van der Waals surface area (Å²) in [5.74, 6) is 0. The molecule has 4 heteroatoms. The van der Waals surface area contributed by atoms with E-state index in [0.717, 1.165) is 29.7 Å². The van der Waals surface area contributed by atoms with Crippen LogP contribution in [-0.2, 0) is 0 Å². The van der Waals surface area contributed by atoms with Crippen molar-refractivity contribution in [2.45, 2.75) is 31.9 Å². The summed E-state index contributed by atoms with van der Waals surface area (Å²) in [6, 6.07) is 6.96. The Balaban J connectivity index is 1.85. The summed E-state index contributed by atoms with van der Waals surface area (Å²) in [6.07, 6.45) is 2.23. The van der Waals surface area contributed by atoms with E-state index in [9.17, 15) is 5.11 Å². The van der Waals surface area contributed by atoms with Crippen molar-refractivity contribution in [3.8, 4) is 0 Å². The van der Waals surface area contributed by atoms with Crippen molar-refractivity contribution in [2.24, 2.45) is 0 Å². The Hall–Kier alpha value is -0.580. The molecule has 104 valence electrons. The topological polar surface area (TPSA) is 26.7 Å². The second kappa shape index (κ2) is 5.43. The molecule has 19 heavy (non-hydrogen) atoms. The van der Waals surface area contributed by atoms with Crippen LogP contribution in [-0.4, -0.2) is 42.2 Å². The third-order valence-electron chi connectivity index (χ3n) is 4.37. The van der Waals surface area contributed by atoms with Gasteiger partial charge in [0, 0.05) is 41.4 Å². The van der Waals surface area contributed by atoms with Gasteiger partial charge in [0.2, 0.25) is 0 Å². The third-order valence-corrected chi connectivity index (χ3v) is 4.86. The minimum Gasteiger partial charge on any atom is -0.389 e. The highest BCUT2D eigenvalue weighted by Crippen LogP contribution is 2.32. The van der Waals surface area contributed by atoms with Gasteiger partial charge >= 0.3 is 0 Å². The zero-order chi connectivity index (χ0) is 13.4. The molecular formula is C15H21BrN2O. The Morgan fingerprint density at radius 3 is 2.95 bits per heavy atom. The van der Waals surface area contributed by atoms with Crippen LogP contribution < -0.4 is 4.90 Å². The number of benzene rings is 1. The monoisotopic (exact) mass is 324 g/mol. The maximum atomic E-state index is 9.99. The fourth-order valence-electron chi connectivity index (χ4n) is 3.36. The Labute approximate surface area is 123 Å².